The molecule has 1 heterocycles. The van der Waals surface area contributed by atoms with Crippen molar-refractivity contribution < 1.29 is 4.79 Å². The van der Waals surface area contributed by atoms with Crippen LogP contribution in [0.2, 0.25) is 0 Å². The van der Waals surface area contributed by atoms with E-state index in [1.165, 1.54) is 31.3 Å². The molecule has 0 bridgehead atoms. The van der Waals surface area contributed by atoms with E-state index in [1.807, 2.05) is 6.08 Å². The van der Waals surface area contributed by atoms with Gasteiger partial charge in [-0.3, -0.25) is 4.79 Å². The van der Waals surface area contributed by atoms with E-state index in [2.05, 4.69) is 31.3 Å². The molecule has 2 saturated carbocycles. The molecule has 0 aromatic heterocycles. The summed E-state index contributed by atoms with van der Waals surface area (Å²) in [6.07, 6.45) is 14.4. The Morgan fingerprint density at radius 2 is 2.05 bits per heavy atom. The van der Waals surface area contributed by atoms with Gasteiger partial charge in [0.25, 0.3) is 0 Å². The summed E-state index contributed by atoms with van der Waals surface area (Å²) in [6, 6.07) is 0. The first-order valence-electron chi connectivity index (χ1n) is 8.69. The average Bonchev–Trinajstić information content (AvgIpc) is 2.76. The van der Waals surface area contributed by atoms with Crippen molar-refractivity contribution in [1.82, 2.24) is 5.32 Å². The van der Waals surface area contributed by atoms with E-state index in [0.717, 1.165) is 37.1 Å². The normalized spacial score (nSPS) is 48.6. The van der Waals surface area contributed by atoms with Gasteiger partial charge >= 0.3 is 0 Å². The van der Waals surface area contributed by atoms with Crippen LogP contribution in [0.25, 0.3) is 0 Å². The van der Waals surface area contributed by atoms with Gasteiger partial charge in [0, 0.05) is 12.6 Å². The molecular weight excluding hydrogens is 258 g/mol. The lowest BCUT2D eigenvalue weighted by atomic mass is 9.48. The molecule has 0 saturated heterocycles. The summed E-state index contributed by atoms with van der Waals surface area (Å²) >= 11 is 0. The number of carbonyl (C=O) groups excluding carboxylic acids is 1. The minimum Gasteiger partial charge on any atom is -0.353 e. The van der Waals surface area contributed by atoms with Crippen molar-refractivity contribution in [2.75, 3.05) is 6.54 Å². The number of carbonyl (C=O) groups is 1. The highest BCUT2D eigenvalue weighted by Crippen LogP contribution is 2.62. The zero-order valence-corrected chi connectivity index (χ0v) is 13.3. The van der Waals surface area contributed by atoms with E-state index in [1.54, 1.807) is 0 Å². The van der Waals surface area contributed by atoms with Crippen molar-refractivity contribution in [3.05, 3.63) is 23.8 Å². The number of hydrogen-bond acceptors (Lipinski definition) is 1. The zero-order chi connectivity index (χ0) is 14.7. The van der Waals surface area contributed by atoms with Crippen LogP contribution in [0, 0.1) is 28.6 Å². The van der Waals surface area contributed by atoms with Crippen molar-refractivity contribution in [2.24, 2.45) is 28.6 Å². The third kappa shape index (κ3) is 1.87. The lowest BCUT2D eigenvalue weighted by molar-refractivity contribution is -0.116. The van der Waals surface area contributed by atoms with Crippen molar-refractivity contribution >= 4 is 5.91 Å². The topological polar surface area (TPSA) is 29.1 Å². The van der Waals surface area contributed by atoms with E-state index in [9.17, 15) is 4.79 Å². The molecule has 0 aromatic carbocycles. The predicted molar refractivity (Wildman–Crippen MR) is 84.6 cm³/mol. The second kappa shape index (κ2) is 4.47. The predicted octanol–water partition coefficient (Wildman–Crippen LogP) is 3.84. The lowest BCUT2D eigenvalue weighted by Gasteiger charge is -2.56. The molecule has 1 aliphatic heterocycles. The second-order valence-corrected chi connectivity index (χ2v) is 8.23. The molecule has 1 amide bonds. The summed E-state index contributed by atoms with van der Waals surface area (Å²) in [7, 11) is 0. The van der Waals surface area contributed by atoms with Crippen LogP contribution in [0.5, 0.6) is 0 Å². The third-order valence-corrected chi connectivity index (χ3v) is 7.31. The maximum absolute atomic E-state index is 11.9. The third-order valence-electron chi connectivity index (χ3n) is 7.31. The Hall–Kier alpha value is -1.05. The summed E-state index contributed by atoms with van der Waals surface area (Å²) in [5.41, 5.74) is 2.15. The minimum atomic E-state index is 0.135. The first kappa shape index (κ1) is 13.6. The number of amides is 1. The van der Waals surface area contributed by atoms with E-state index in [4.69, 9.17) is 0 Å². The van der Waals surface area contributed by atoms with Gasteiger partial charge in [0.15, 0.2) is 0 Å². The van der Waals surface area contributed by atoms with Gasteiger partial charge in [0.2, 0.25) is 5.91 Å². The van der Waals surface area contributed by atoms with E-state index in [-0.39, 0.29) is 11.3 Å². The number of hydrogen-bond donors (Lipinski definition) is 1. The molecule has 4 rings (SSSR count). The van der Waals surface area contributed by atoms with Gasteiger partial charge in [0.1, 0.15) is 0 Å². The van der Waals surface area contributed by atoms with E-state index >= 15 is 0 Å². The lowest BCUT2D eigenvalue weighted by Crippen LogP contribution is -2.48. The Kier molecular flexibility index (Phi) is 2.90. The van der Waals surface area contributed by atoms with Crippen LogP contribution in [0.4, 0.5) is 0 Å². The molecule has 4 aliphatic rings. The van der Waals surface area contributed by atoms with Crippen LogP contribution in [0.15, 0.2) is 23.8 Å². The van der Waals surface area contributed by atoms with Gasteiger partial charge in [-0.05, 0) is 67.1 Å². The molecular formula is C19H27NO. The summed E-state index contributed by atoms with van der Waals surface area (Å²) in [4.78, 5) is 11.9. The van der Waals surface area contributed by atoms with Crippen LogP contribution in [0.3, 0.4) is 0 Å². The van der Waals surface area contributed by atoms with E-state index in [0.29, 0.717) is 5.41 Å². The Bertz CT molecular complexity index is 534. The Morgan fingerprint density at radius 1 is 1.19 bits per heavy atom. The highest BCUT2D eigenvalue weighted by molar-refractivity contribution is 5.88. The van der Waals surface area contributed by atoms with E-state index < -0.39 is 0 Å². The van der Waals surface area contributed by atoms with Gasteiger partial charge in [0.05, 0.1) is 0 Å². The highest BCUT2D eigenvalue weighted by atomic mass is 16.1. The van der Waals surface area contributed by atoms with Crippen LogP contribution in [-0.4, -0.2) is 12.5 Å². The van der Waals surface area contributed by atoms with Gasteiger partial charge in [-0.15, -0.1) is 0 Å². The van der Waals surface area contributed by atoms with Crippen LogP contribution in [-0.2, 0) is 4.79 Å². The quantitative estimate of drug-likeness (QED) is 0.673. The van der Waals surface area contributed by atoms with Gasteiger partial charge < -0.3 is 5.32 Å². The molecule has 21 heavy (non-hydrogen) atoms. The molecule has 2 nitrogen and oxygen atoms in total. The Morgan fingerprint density at radius 3 is 2.90 bits per heavy atom. The van der Waals surface area contributed by atoms with Crippen molar-refractivity contribution in [2.45, 2.75) is 52.4 Å². The minimum absolute atomic E-state index is 0.135. The highest BCUT2D eigenvalue weighted by Gasteiger charge is 2.54. The Balaban J connectivity index is 1.70. The maximum atomic E-state index is 11.9. The number of rotatable bonds is 0. The molecule has 0 aromatic rings. The molecule has 3 aliphatic carbocycles. The monoisotopic (exact) mass is 285 g/mol. The maximum Gasteiger partial charge on any atom is 0.243 e. The van der Waals surface area contributed by atoms with Crippen LogP contribution < -0.4 is 5.32 Å². The molecule has 2 fully saturated rings. The molecule has 0 radical (unpaired) electrons. The van der Waals surface area contributed by atoms with Gasteiger partial charge in [-0.1, -0.05) is 31.6 Å². The van der Waals surface area contributed by atoms with Gasteiger partial charge in [-0.2, -0.15) is 0 Å². The molecule has 2 heteroatoms. The fourth-order valence-corrected chi connectivity index (χ4v) is 6.05. The fourth-order valence-electron chi connectivity index (χ4n) is 6.05. The van der Waals surface area contributed by atoms with Crippen molar-refractivity contribution in [1.29, 1.82) is 0 Å². The van der Waals surface area contributed by atoms with Crippen LogP contribution >= 0.6 is 0 Å². The van der Waals surface area contributed by atoms with Crippen LogP contribution in [0.1, 0.15) is 52.4 Å². The number of allylic oxidation sites excluding steroid dienone is 3. The zero-order valence-electron chi connectivity index (χ0n) is 13.3. The standard InChI is InChI=1S/C19H27NO/c1-18-8-3-4-15(18)14-6-5-13-12-17(21)20-11-10-19(13,2)16(14)7-9-18/h3,8,12,14-16H,4-7,9-11H2,1-2H3,(H,20,21)/t14?,15?,16-,18?,19?/m0/s1. The molecule has 5 atom stereocenters. The smallest absolute Gasteiger partial charge is 0.243 e. The first-order valence-corrected chi connectivity index (χ1v) is 8.69. The molecule has 114 valence electrons. The SMILES string of the molecule is CC12C=CCC1C1CCC3=CC(=O)NCCC3(C)[C@H]1CC2. The first-order chi connectivity index (χ1) is 10.0. The van der Waals surface area contributed by atoms with Crippen molar-refractivity contribution in [3.8, 4) is 0 Å². The fraction of sp³-hybridized carbons (Fsp3) is 0.737. The summed E-state index contributed by atoms with van der Waals surface area (Å²) in [5.74, 6) is 2.62. The summed E-state index contributed by atoms with van der Waals surface area (Å²) in [6.45, 7) is 5.77. The van der Waals surface area contributed by atoms with Crippen molar-refractivity contribution in [3.63, 3.8) is 0 Å². The largest absolute Gasteiger partial charge is 0.353 e. The summed E-state index contributed by atoms with van der Waals surface area (Å²) in [5, 5.41) is 3.05. The Labute approximate surface area is 128 Å². The second-order valence-electron chi connectivity index (χ2n) is 8.23. The number of fused-ring (bicyclic) bond motifs is 5. The average molecular weight is 285 g/mol. The molecule has 1 N–H and O–H groups in total. The van der Waals surface area contributed by atoms with Gasteiger partial charge in [-0.25, -0.2) is 0 Å². The molecule has 4 unspecified atom stereocenters. The summed E-state index contributed by atoms with van der Waals surface area (Å²) < 4.78 is 0. The number of nitrogens with one attached hydrogen (secondary N) is 1. The molecule has 0 spiro atoms.